The SMILES string of the molecule is CCCOc1cc(N)cc(NCC2(CO)CCCCC2)c1. The van der Waals surface area contributed by atoms with Gasteiger partial charge in [-0.3, -0.25) is 0 Å². The van der Waals surface area contributed by atoms with E-state index in [1.807, 2.05) is 18.2 Å². The Kier molecular flexibility index (Phi) is 5.74. The Balaban J connectivity index is 1.99. The molecule has 1 aliphatic carbocycles. The first-order valence-electron chi connectivity index (χ1n) is 8.05. The molecule has 0 aliphatic heterocycles. The Morgan fingerprint density at radius 2 is 2.00 bits per heavy atom. The molecule has 2 rings (SSSR count). The average molecular weight is 292 g/mol. The summed E-state index contributed by atoms with van der Waals surface area (Å²) < 4.78 is 5.65. The molecule has 1 aromatic rings. The highest BCUT2D eigenvalue weighted by molar-refractivity contribution is 5.59. The van der Waals surface area contributed by atoms with Crippen molar-refractivity contribution in [2.45, 2.75) is 45.4 Å². The number of aliphatic hydroxyl groups excluding tert-OH is 1. The monoisotopic (exact) mass is 292 g/mol. The van der Waals surface area contributed by atoms with E-state index in [0.29, 0.717) is 12.3 Å². The first-order chi connectivity index (χ1) is 10.2. The summed E-state index contributed by atoms with van der Waals surface area (Å²) in [7, 11) is 0. The maximum Gasteiger partial charge on any atom is 0.123 e. The second-order valence-electron chi connectivity index (χ2n) is 6.21. The van der Waals surface area contributed by atoms with Crippen LogP contribution >= 0.6 is 0 Å². The number of hydrogen-bond donors (Lipinski definition) is 3. The lowest BCUT2D eigenvalue weighted by molar-refractivity contribution is 0.0944. The molecule has 1 fully saturated rings. The van der Waals surface area contributed by atoms with Crippen LogP contribution in [0, 0.1) is 5.41 Å². The lowest BCUT2D eigenvalue weighted by Gasteiger charge is -2.36. The van der Waals surface area contributed by atoms with Gasteiger partial charge in [0.15, 0.2) is 0 Å². The first kappa shape index (κ1) is 16.0. The molecule has 1 aliphatic rings. The highest BCUT2D eigenvalue weighted by Gasteiger charge is 2.31. The minimum absolute atomic E-state index is 0.0211. The molecule has 0 aromatic heterocycles. The van der Waals surface area contributed by atoms with E-state index in [9.17, 15) is 5.11 Å². The number of aliphatic hydroxyl groups is 1. The Morgan fingerprint density at radius 1 is 1.24 bits per heavy atom. The van der Waals surface area contributed by atoms with Gasteiger partial charge in [0.2, 0.25) is 0 Å². The average Bonchev–Trinajstić information content (AvgIpc) is 2.51. The molecule has 0 radical (unpaired) electrons. The van der Waals surface area contributed by atoms with Crippen molar-refractivity contribution < 1.29 is 9.84 Å². The number of rotatable bonds is 7. The third-order valence-electron chi connectivity index (χ3n) is 4.32. The summed E-state index contributed by atoms with van der Waals surface area (Å²) in [6, 6.07) is 5.76. The van der Waals surface area contributed by atoms with Crippen LogP contribution in [0.4, 0.5) is 11.4 Å². The van der Waals surface area contributed by atoms with Gasteiger partial charge in [-0.2, -0.15) is 0 Å². The number of nitrogen functional groups attached to an aromatic ring is 1. The van der Waals surface area contributed by atoms with Crippen LogP contribution in [-0.4, -0.2) is 24.9 Å². The molecule has 1 aromatic carbocycles. The molecule has 0 unspecified atom stereocenters. The number of benzene rings is 1. The fourth-order valence-electron chi connectivity index (χ4n) is 3.01. The molecule has 4 heteroatoms. The number of nitrogens with one attached hydrogen (secondary N) is 1. The predicted octanol–water partition coefficient (Wildman–Crippen LogP) is 3.41. The number of nitrogens with two attached hydrogens (primary N) is 1. The van der Waals surface area contributed by atoms with Gasteiger partial charge in [-0.1, -0.05) is 26.2 Å². The summed E-state index contributed by atoms with van der Waals surface area (Å²) in [5.41, 5.74) is 7.63. The van der Waals surface area contributed by atoms with Crippen LogP contribution in [0.25, 0.3) is 0 Å². The summed E-state index contributed by atoms with van der Waals surface area (Å²) in [5, 5.41) is 13.2. The van der Waals surface area contributed by atoms with Crippen LogP contribution in [0.2, 0.25) is 0 Å². The van der Waals surface area contributed by atoms with E-state index in [1.165, 1.54) is 19.3 Å². The maximum atomic E-state index is 9.76. The Bertz CT molecular complexity index is 442. The van der Waals surface area contributed by atoms with Gasteiger partial charge in [0.05, 0.1) is 13.2 Å². The Hall–Kier alpha value is -1.42. The molecule has 0 spiro atoms. The van der Waals surface area contributed by atoms with Crippen molar-refractivity contribution in [3.8, 4) is 5.75 Å². The lowest BCUT2D eigenvalue weighted by atomic mass is 9.74. The van der Waals surface area contributed by atoms with Crippen LogP contribution in [0.5, 0.6) is 5.75 Å². The van der Waals surface area contributed by atoms with E-state index in [-0.39, 0.29) is 12.0 Å². The van der Waals surface area contributed by atoms with Crippen molar-refractivity contribution in [2.24, 2.45) is 5.41 Å². The minimum Gasteiger partial charge on any atom is -0.493 e. The third-order valence-corrected chi connectivity index (χ3v) is 4.32. The van der Waals surface area contributed by atoms with E-state index in [1.54, 1.807) is 0 Å². The summed E-state index contributed by atoms with van der Waals surface area (Å²) in [6.45, 7) is 3.82. The third kappa shape index (κ3) is 4.53. The second-order valence-corrected chi connectivity index (χ2v) is 6.21. The van der Waals surface area contributed by atoms with Crippen molar-refractivity contribution in [3.63, 3.8) is 0 Å². The lowest BCUT2D eigenvalue weighted by Crippen LogP contribution is -2.35. The molecule has 0 heterocycles. The van der Waals surface area contributed by atoms with Crippen LogP contribution in [0.15, 0.2) is 18.2 Å². The van der Waals surface area contributed by atoms with Gasteiger partial charge in [-0.25, -0.2) is 0 Å². The fraction of sp³-hybridized carbons (Fsp3) is 0.647. The van der Waals surface area contributed by atoms with Gasteiger partial charge in [-0.05, 0) is 25.3 Å². The summed E-state index contributed by atoms with van der Waals surface area (Å²) in [5.74, 6) is 0.807. The quantitative estimate of drug-likeness (QED) is 0.674. The van der Waals surface area contributed by atoms with Crippen molar-refractivity contribution >= 4 is 11.4 Å². The zero-order chi connectivity index (χ0) is 15.1. The summed E-state index contributed by atoms with van der Waals surface area (Å²) >= 11 is 0. The van der Waals surface area contributed by atoms with Gasteiger partial charge in [0.1, 0.15) is 5.75 Å². The number of hydrogen-bond acceptors (Lipinski definition) is 4. The maximum absolute atomic E-state index is 9.76. The van der Waals surface area contributed by atoms with Crippen molar-refractivity contribution in [2.75, 3.05) is 30.8 Å². The molecule has 4 N–H and O–H groups in total. The van der Waals surface area contributed by atoms with Crippen LogP contribution in [0.3, 0.4) is 0 Å². The van der Waals surface area contributed by atoms with Crippen molar-refractivity contribution in [1.82, 2.24) is 0 Å². The van der Waals surface area contributed by atoms with Gasteiger partial charge in [0.25, 0.3) is 0 Å². The highest BCUT2D eigenvalue weighted by Crippen LogP contribution is 2.36. The Morgan fingerprint density at radius 3 is 2.67 bits per heavy atom. The van der Waals surface area contributed by atoms with Crippen LogP contribution in [0.1, 0.15) is 45.4 Å². The molecule has 118 valence electrons. The molecule has 0 saturated heterocycles. The smallest absolute Gasteiger partial charge is 0.123 e. The van der Waals surface area contributed by atoms with E-state index in [0.717, 1.165) is 37.2 Å². The zero-order valence-electron chi connectivity index (χ0n) is 13.0. The second kappa shape index (κ2) is 7.55. The van der Waals surface area contributed by atoms with Gasteiger partial charge >= 0.3 is 0 Å². The van der Waals surface area contributed by atoms with E-state index >= 15 is 0 Å². The van der Waals surface area contributed by atoms with E-state index in [4.69, 9.17) is 10.5 Å². The van der Waals surface area contributed by atoms with E-state index in [2.05, 4.69) is 12.2 Å². The molecule has 1 saturated carbocycles. The summed E-state index contributed by atoms with van der Waals surface area (Å²) in [4.78, 5) is 0. The normalized spacial score (nSPS) is 17.4. The predicted molar refractivity (Wildman–Crippen MR) is 87.7 cm³/mol. The van der Waals surface area contributed by atoms with Crippen molar-refractivity contribution in [3.05, 3.63) is 18.2 Å². The van der Waals surface area contributed by atoms with Crippen LogP contribution in [-0.2, 0) is 0 Å². The van der Waals surface area contributed by atoms with Gasteiger partial charge < -0.3 is 20.9 Å². The fourth-order valence-corrected chi connectivity index (χ4v) is 3.01. The largest absolute Gasteiger partial charge is 0.493 e. The first-order valence-corrected chi connectivity index (χ1v) is 8.05. The summed E-state index contributed by atoms with van der Waals surface area (Å²) in [6.07, 6.45) is 6.88. The highest BCUT2D eigenvalue weighted by atomic mass is 16.5. The molecule has 0 atom stereocenters. The van der Waals surface area contributed by atoms with Crippen molar-refractivity contribution in [1.29, 1.82) is 0 Å². The van der Waals surface area contributed by atoms with Gasteiger partial charge in [0, 0.05) is 35.5 Å². The number of anilines is 2. The Labute approximate surface area is 127 Å². The molecule has 0 bridgehead atoms. The molecular weight excluding hydrogens is 264 g/mol. The topological polar surface area (TPSA) is 67.5 Å². The molecule has 21 heavy (non-hydrogen) atoms. The molecule has 4 nitrogen and oxygen atoms in total. The van der Waals surface area contributed by atoms with Gasteiger partial charge in [-0.15, -0.1) is 0 Å². The van der Waals surface area contributed by atoms with E-state index < -0.39 is 0 Å². The van der Waals surface area contributed by atoms with Crippen LogP contribution < -0.4 is 15.8 Å². The molecule has 0 amide bonds. The number of ether oxygens (including phenoxy) is 1. The molecular formula is C17H28N2O2. The zero-order valence-corrected chi connectivity index (χ0v) is 13.0. The standard InChI is InChI=1S/C17H28N2O2/c1-2-8-21-16-10-14(18)9-15(11-16)19-12-17(13-20)6-4-3-5-7-17/h9-11,19-20H,2-8,12-13,18H2,1H3. The minimum atomic E-state index is 0.0211.